The number of rotatable bonds is 3. The number of hydrogen-bond donors (Lipinski definition) is 0. The lowest BCUT2D eigenvalue weighted by molar-refractivity contribution is 0.0699. The van der Waals surface area contributed by atoms with E-state index >= 15 is 0 Å². The second-order valence-electron chi connectivity index (χ2n) is 2.94. The van der Waals surface area contributed by atoms with Gasteiger partial charge in [0.2, 0.25) is 0 Å². The van der Waals surface area contributed by atoms with Crippen LogP contribution in [0.5, 0.6) is 0 Å². The van der Waals surface area contributed by atoms with Crippen molar-refractivity contribution >= 4 is 0 Å². The van der Waals surface area contributed by atoms with Gasteiger partial charge in [-0.2, -0.15) is 0 Å². The molecule has 0 bridgehead atoms. The van der Waals surface area contributed by atoms with E-state index in [0.29, 0.717) is 6.10 Å². The van der Waals surface area contributed by atoms with Crippen LogP contribution in [0.3, 0.4) is 0 Å². The fourth-order valence-corrected chi connectivity index (χ4v) is 1.50. The fraction of sp³-hybridized carbons (Fsp3) is 0.778. The molecule has 2 heteroatoms. The first kappa shape index (κ1) is 8.60. The van der Waals surface area contributed by atoms with Gasteiger partial charge in [0, 0.05) is 13.1 Å². The van der Waals surface area contributed by atoms with Crippen LogP contribution in [0.2, 0.25) is 0 Å². The van der Waals surface area contributed by atoms with Crippen molar-refractivity contribution in [3.05, 3.63) is 12.8 Å². The highest BCUT2D eigenvalue weighted by Crippen LogP contribution is 2.12. The maximum atomic E-state index is 5.31. The lowest BCUT2D eigenvalue weighted by Gasteiger charge is -2.30. The topological polar surface area (TPSA) is 12.5 Å². The molecule has 2 nitrogen and oxygen atoms in total. The zero-order valence-electron chi connectivity index (χ0n) is 7.25. The van der Waals surface area contributed by atoms with E-state index in [4.69, 9.17) is 4.74 Å². The van der Waals surface area contributed by atoms with Gasteiger partial charge in [0.25, 0.3) is 0 Å². The summed E-state index contributed by atoms with van der Waals surface area (Å²) in [6, 6.07) is 0. The second-order valence-corrected chi connectivity index (χ2v) is 2.94. The van der Waals surface area contributed by atoms with Crippen LogP contribution in [0.1, 0.15) is 19.8 Å². The quantitative estimate of drug-likeness (QED) is 0.574. The Bertz CT molecular complexity index is 117. The average molecular weight is 155 g/mol. The standard InChI is InChI=1S/C9H17NO/c1-3-10-7-5-9(6-8-10)11-4-2/h4,9H,2-3,5-8H2,1H3. The van der Waals surface area contributed by atoms with E-state index in [1.165, 1.54) is 19.6 Å². The zero-order valence-corrected chi connectivity index (χ0v) is 7.25. The van der Waals surface area contributed by atoms with Crippen molar-refractivity contribution in [2.45, 2.75) is 25.9 Å². The highest BCUT2D eigenvalue weighted by Gasteiger charge is 2.17. The van der Waals surface area contributed by atoms with Gasteiger partial charge in [-0.05, 0) is 19.4 Å². The van der Waals surface area contributed by atoms with E-state index in [-0.39, 0.29) is 0 Å². The second kappa shape index (κ2) is 4.39. The van der Waals surface area contributed by atoms with E-state index in [2.05, 4.69) is 18.4 Å². The van der Waals surface area contributed by atoms with Crippen molar-refractivity contribution in [1.29, 1.82) is 0 Å². The summed E-state index contributed by atoms with van der Waals surface area (Å²) in [6.45, 7) is 9.28. The molecule has 0 aromatic rings. The molecule has 0 amide bonds. The Morgan fingerprint density at radius 3 is 2.64 bits per heavy atom. The molecular formula is C9H17NO. The molecule has 0 atom stereocenters. The molecule has 0 aromatic carbocycles. The van der Waals surface area contributed by atoms with Crippen LogP contribution >= 0.6 is 0 Å². The lowest BCUT2D eigenvalue weighted by atomic mass is 10.1. The fourth-order valence-electron chi connectivity index (χ4n) is 1.50. The minimum absolute atomic E-state index is 0.426. The van der Waals surface area contributed by atoms with Crippen molar-refractivity contribution in [1.82, 2.24) is 4.90 Å². The summed E-state index contributed by atoms with van der Waals surface area (Å²) in [4.78, 5) is 2.45. The van der Waals surface area contributed by atoms with Crippen molar-refractivity contribution in [3.63, 3.8) is 0 Å². The molecule has 0 radical (unpaired) electrons. The van der Waals surface area contributed by atoms with Gasteiger partial charge in [0.15, 0.2) is 0 Å². The Labute approximate surface area is 68.8 Å². The monoisotopic (exact) mass is 155 g/mol. The Hall–Kier alpha value is -0.500. The maximum Gasteiger partial charge on any atom is 0.100 e. The molecule has 0 spiro atoms. The summed E-state index contributed by atoms with van der Waals surface area (Å²) in [7, 11) is 0. The number of hydrogen-bond acceptors (Lipinski definition) is 2. The maximum absolute atomic E-state index is 5.31. The van der Waals surface area contributed by atoms with Crippen molar-refractivity contribution in [2.75, 3.05) is 19.6 Å². The summed E-state index contributed by atoms with van der Waals surface area (Å²) in [6.07, 6.45) is 4.29. The molecular weight excluding hydrogens is 138 g/mol. The molecule has 1 fully saturated rings. The highest BCUT2D eigenvalue weighted by molar-refractivity contribution is 4.73. The molecule has 1 saturated heterocycles. The molecule has 0 aromatic heterocycles. The number of ether oxygens (including phenoxy) is 1. The summed E-state index contributed by atoms with van der Waals surface area (Å²) in [5.74, 6) is 0. The Balaban J connectivity index is 2.18. The van der Waals surface area contributed by atoms with E-state index in [9.17, 15) is 0 Å². The third-order valence-corrected chi connectivity index (χ3v) is 2.27. The summed E-state index contributed by atoms with van der Waals surface area (Å²) in [5.41, 5.74) is 0. The van der Waals surface area contributed by atoms with Crippen LogP contribution in [0, 0.1) is 0 Å². The normalized spacial score (nSPS) is 21.5. The summed E-state index contributed by atoms with van der Waals surface area (Å²) in [5, 5.41) is 0. The van der Waals surface area contributed by atoms with Gasteiger partial charge >= 0.3 is 0 Å². The van der Waals surface area contributed by atoms with Gasteiger partial charge in [-0.1, -0.05) is 13.5 Å². The minimum atomic E-state index is 0.426. The third-order valence-electron chi connectivity index (χ3n) is 2.27. The number of likely N-dealkylation sites (tertiary alicyclic amines) is 1. The predicted molar refractivity (Wildman–Crippen MR) is 46.4 cm³/mol. The van der Waals surface area contributed by atoms with Crippen LogP contribution in [-0.2, 0) is 4.74 Å². The molecule has 0 aliphatic carbocycles. The SMILES string of the molecule is C=COC1CCN(CC)CC1. The molecule has 1 aliphatic heterocycles. The molecule has 11 heavy (non-hydrogen) atoms. The van der Waals surface area contributed by atoms with Gasteiger partial charge in [-0.3, -0.25) is 0 Å². The Morgan fingerprint density at radius 1 is 1.55 bits per heavy atom. The smallest absolute Gasteiger partial charge is 0.100 e. The Morgan fingerprint density at radius 2 is 2.18 bits per heavy atom. The van der Waals surface area contributed by atoms with E-state index in [1.807, 2.05) is 0 Å². The van der Waals surface area contributed by atoms with Crippen molar-refractivity contribution in [3.8, 4) is 0 Å². The van der Waals surface area contributed by atoms with Gasteiger partial charge in [0.1, 0.15) is 6.10 Å². The van der Waals surface area contributed by atoms with Gasteiger partial charge in [0.05, 0.1) is 6.26 Å². The van der Waals surface area contributed by atoms with Crippen LogP contribution < -0.4 is 0 Å². The predicted octanol–water partition coefficient (Wildman–Crippen LogP) is 1.63. The van der Waals surface area contributed by atoms with Crippen LogP contribution in [0.25, 0.3) is 0 Å². The van der Waals surface area contributed by atoms with E-state index < -0.39 is 0 Å². The molecule has 1 rings (SSSR count). The molecule has 64 valence electrons. The molecule has 1 heterocycles. The summed E-state index contributed by atoms with van der Waals surface area (Å²) >= 11 is 0. The number of nitrogens with zero attached hydrogens (tertiary/aromatic N) is 1. The third kappa shape index (κ3) is 2.54. The van der Waals surface area contributed by atoms with Crippen LogP contribution in [-0.4, -0.2) is 30.6 Å². The van der Waals surface area contributed by atoms with Gasteiger partial charge in [-0.15, -0.1) is 0 Å². The molecule has 0 saturated carbocycles. The van der Waals surface area contributed by atoms with Crippen molar-refractivity contribution < 1.29 is 4.74 Å². The summed E-state index contributed by atoms with van der Waals surface area (Å²) < 4.78 is 5.31. The molecule has 0 unspecified atom stereocenters. The average Bonchev–Trinajstić information content (AvgIpc) is 2.07. The van der Waals surface area contributed by atoms with Crippen LogP contribution in [0.4, 0.5) is 0 Å². The first-order valence-corrected chi connectivity index (χ1v) is 4.35. The van der Waals surface area contributed by atoms with E-state index in [0.717, 1.165) is 12.8 Å². The Kier molecular flexibility index (Phi) is 3.43. The van der Waals surface area contributed by atoms with Gasteiger partial charge < -0.3 is 9.64 Å². The minimum Gasteiger partial charge on any atom is -0.499 e. The van der Waals surface area contributed by atoms with Gasteiger partial charge in [-0.25, -0.2) is 0 Å². The van der Waals surface area contributed by atoms with Crippen molar-refractivity contribution in [2.24, 2.45) is 0 Å². The largest absolute Gasteiger partial charge is 0.499 e. The zero-order chi connectivity index (χ0) is 8.10. The molecule has 1 aliphatic rings. The highest BCUT2D eigenvalue weighted by atomic mass is 16.5. The number of piperidine rings is 1. The van der Waals surface area contributed by atoms with E-state index in [1.54, 1.807) is 6.26 Å². The first-order valence-electron chi connectivity index (χ1n) is 4.35. The lowest BCUT2D eigenvalue weighted by Crippen LogP contribution is -2.36. The molecule has 0 N–H and O–H groups in total. The first-order chi connectivity index (χ1) is 5.36. The van der Waals surface area contributed by atoms with Crippen LogP contribution in [0.15, 0.2) is 12.8 Å².